The summed E-state index contributed by atoms with van der Waals surface area (Å²) in [6, 6.07) is 9.53. The van der Waals surface area contributed by atoms with E-state index in [1.54, 1.807) is 7.11 Å². The highest BCUT2D eigenvalue weighted by Crippen LogP contribution is 2.29. The van der Waals surface area contributed by atoms with Crippen LogP contribution in [0.3, 0.4) is 0 Å². The van der Waals surface area contributed by atoms with Gasteiger partial charge in [0, 0.05) is 30.5 Å². The number of nitrogens with zero attached hydrogens (tertiary/aromatic N) is 1. The van der Waals surface area contributed by atoms with E-state index in [1.807, 2.05) is 30.3 Å². The molecule has 28 heavy (non-hydrogen) atoms. The molecule has 2 N–H and O–H groups in total. The normalized spacial score (nSPS) is 24.7. The van der Waals surface area contributed by atoms with E-state index >= 15 is 0 Å². The molecule has 2 aliphatic rings. The molecule has 0 spiro atoms. The number of carbonyl (C=O) groups is 1. The van der Waals surface area contributed by atoms with E-state index in [2.05, 4.69) is 10.5 Å². The Hall–Kier alpha value is -2.38. The van der Waals surface area contributed by atoms with Crippen LogP contribution in [0.1, 0.15) is 31.4 Å². The quantitative estimate of drug-likeness (QED) is 0.759. The van der Waals surface area contributed by atoms with Gasteiger partial charge in [-0.05, 0) is 49.9 Å². The lowest BCUT2D eigenvalue weighted by Gasteiger charge is -2.33. The molecule has 3 atom stereocenters. The zero-order valence-corrected chi connectivity index (χ0v) is 16.0. The molecule has 1 aliphatic carbocycles. The second-order valence-corrected chi connectivity index (χ2v) is 7.58. The minimum atomic E-state index is -0.553. The van der Waals surface area contributed by atoms with Crippen molar-refractivity contribution < 1.29 is 23.9 Å². The first-order valence-corrected chi connectivity index (χ1v) is 9.83. The number of nitrogens with one attached hydrogen (secondary N) is 1. The summed E-state index contributed by atoms with van der Waals surface area (Å²) in [5, 5.41) is 17.3. The summed E-state index contributed by atoms with van der Waals surface area (Å²) in [5.41, 5.74) is 1.74. The van der Waals surface area contributed by atoms with Gasteiger partial charge in [0.25, 0.3) is 0 Å². The molecule has 1 aromatic carbocycles. The van der Waals surface area contributed by atoms with Gasteiger partial charge < -0.3 is 24.4 Å². The monoisotopic (exact) mass is 386 g/mol. The summed E-state index contributed by atoms with van der Waals surface area (Å²) >= 11 is 0. The topological polar surface area (TPSA) is 93.8 Å². The van der Waals surface area contributed by atoms with Crippen LogP contribution in [0.25, 0.3) is 11.3 Å². The largest absolute Gasteiger partial charge is 0.497 e. The predicted octanol–water partition coefficient (Wildman–Crippen LogP) is 2.33. The van der Waals surface area contributed by atoms with Crippen LogP contribution in [0.2, 0.25) is 0 Å². The van der Waals surface area contributed by atoms with Crippen molar-refractivity contribution in [2.24, 2.45) is 5.92 Å². The van der Waals surface area contributed by atoms with Gasteiger partial charge >= 0.3 is 0 Å². The Morgan fingerprint density at radius 1 is 1.25 bits per heavy atom. The lowest BCUT2D eigenvalue weighted by atomic mass is 9.98. The van der Waals surface area contributed by atoms with Crippen LogP contribution in [0.5, 0.6) is 5.75 Å². The zero-order chi connectivity index (χ0) is 19.5. The van der Waals surface area contributed by atoms with E-state index in [9.17, 15) is 9.90 Å². The zero-order valence-electron chi connectivity index (χ0n) is 16.0. The standard InChI is InChI=1S/C21H26N2O5/c1-26-16-6-4-13(5-7-16)19-11-15(23-28-19)10-17-8-9-18(24)20(27-17)12-22-21(25)14-2-3-14/h4-7,11,14,17-18,20,24H,2-3,8-10,12H2,1H3,(H,22,25)/t17-,18-,20+/m0/s1. The summed E-state index contributed by atoms with van der Waals surface area (Å²) in [6.45, 7) is 0.350. The number of hydrogen-bond donors (Lipinski definition) is 2. The fourth-order valence-corrected chi connectivity index (χ4v) is 3.51. The van der Waals surface area contributed by atoms with E-state index in [0.29, 0.717) is 25.1 Å². The van der Waals surface area contributed by atoms with Crippen molar-refractivity contribution >= 4 is 5.91 Å². The smallest absolute Gasteiger partial charge is 0.223 e. The fourth-order valence-electron chi connectivity index (χ4n) is 3.51. The van der Waals surface area contributed by atoms with E-state index in [1.165, 1.54) is 0 Å². The van der Waals surface area contributed by atoms with Crippen molar-refractivity contribution in [3.63, 3.8) is 0 Å². The number of hydrogen-bond acceptors (Lipinski definition) is 6. The van der Waals surface area contributed by atoms with Gasteiger partial charge in [-0.2, -0.15) is 0 Å². The molecule has 4 rings (SSSR count). The summed E-state index contributed by atoms with van der Waals surface area (Å²) in [6.07, 6.45) is 2.95. The maximum atomic E-state index is 11.8. The first-order valence-electron chi connectivity index (χ1n) is 9.83. The van der Waals surface area contributed by atoms with Crippen molar-refractivity contribution in [1.82, 2.24) is 10.5 Å². The molecule has 0 unspecified atom stereocenters. The molecule has 2 fully saturated rings. The van der Waals surface area contributed by atoms with Crippen molar-refractivity contribution in [2.75, 3.05) is 13.7 Å². The van der Waals surface area contributed by atoms with Crippen LogP contribution in [-0.4, -0.2) is 48.1 Å². The second-order valence-electron chi connectivity index (χ2n) is 7.58. The van der Waals surface area contributed by atoms with E-state index in [4.69, 9.17) is 14.0 Å². The fraction of sp³-hybridized carbons (Fsp3) is 0.524. The van der Waals surface area contributed by atoms with Crippen LogP contribution < -0.4 is 10.1 Å². The molecule has 0 bridgehead atoms. The van der Waals surface area contributed by atoms with Gasteiger partial charge in [0.1, 0.15) is 11.9 Å². The molecule has 0 radical (unpaired) electrons. The molecule has 150 valence electrons. The summed E-state index contributed by atoms with van der Waals surface area (Å²) in [7, 11) is 1.63. The number of aliphatic hydroxyl groups is 1. The summed E-state index contributed by atoms with van der Waals surface area (Å²) < 4.78 is 16.7. The van der Waals surface area contributed by atoms with Crippen LogP contribution in [0.4, 0.5) is 0 Å². The molecular formula is C21H26N2O5. The number of aromatic nitrogens is 1. The van der Waals surface area contributed by atoms with Gasteiger partial charge in [-0.25, -0.2) is 0 Å². The van der Waals surface area contributed by atoms with Gasteiger partial charge in [0.15, 0.2) is 5.76 Å². The predicted molar refractivity (Wildman–Crippen MR) is 102 cm³/mol. The third kappa shape index (κ3) is 4.54. The van der Waals surface area contributed by atoms with Crippen LogP contribution in [-0.2, 0) is 16.0 Å². The molecule has 1 saturated heterocycles. The Balaban J connectivity index is 1.33. The lowest BCUT2D eigenvalue weighted by molar-refractivity contribution is -0.130. The Kier molecular flexibility index (Phi) is 5.64. The highest BCUT2D eigenvalue weighted by atomic mass is 16.5. The third-order valence-electron chi connectivity index (χ3n) is 5.38. The average Bonchev–Trinajstić information content (AvgIpc) is 3.47. The first-order chi connectivity index (χ1) is 13.6. The summed E-state index contributed by atoms with van der Waals surface area (Å²) in [5.74, 6) is 1.71. The Bertz CT molecular complexity index is 799. The molecule has 7 nitrogen and oxygen atoms in total. The summed E-state index contributed by atoms with van der Waals surface area (Å²) in [4.78, 5) is 11.8. The highest BCUT2D eigenvalue weighted by Gasteiger charge is 2.33. The van der Waals surface area contributed by atoms with Crippen LogP contribution in [0.15, 0.2) is 34.9 Å². The molecule has 1 aliphatic heterocycles. The average molecular weight is 386 g/mol. The van der Waals surface area contributed by atoms with E-state index < -0.39 is 6.10 Å². The SMILES string of the molecule is COc1ccc(-c2cc(C[C@@H]3CC[C@H](O)[C@@H](CNC(=O)C4CC4)O3)no2)cc1. The molecular weight excluding hydrogens is 360 g/mol. The van der Waals surface area contributed by atoms with Crippen LogP contribution in [0, 0.1) is 5.92 Å². The maximum Gasteiger partial charge on any atom is 0.223 e. The van der Waals surface area contributed by atoms with Gasteiger partial charge in [0.2, 0.25) is 5.91 Å². The van der Waals surface area contributed by atoms with Crippen molar-refractivity contribution in [1.29, 1.82) is 0 Å². The van der Waals surface area contributed by atoms with E-state index in [-0.39, 0.29) is 24.0 Å². The maximum absolute atomic E-state index is 11.8. The molecule has 2 heterocycles. The number of rotatable bonds is 7. The Morgan fingerprint density at radius 2 is 2.04 bits per heavy atom. The third-order valence-corrected chi connectivity index (χ3v) is 5.38. The second kappa shape index (κ2) is 8.32. The number of carbonyl (C=O) groups excluding carboxylic acids is 1. The number of benzene rings is 1. The van der Waals surface area contributed by atoms with Gasteiger partial charge in [-0.1, -0.05) is 5.16 Å². The number of amides is 1. The molecule has 1 aromatic heterocycles. The van der Waals surface area contributed by atoms with Crippen LogP contribution >= 0.6 is 0 Å². The Morgan fingerprint density at radius 3 is 2.75 bits per heavy atom. The Labute approximate surface area is 164 Å². The first kappa shape index (κ1) is 19.0. The minimum absolute atomic E-state index is 0.0555. The highest BCUT2D eigenvalue weighted by molar-refractivity contribution is 5.80. The van der Waals surface area contributed by atoms with Crippen molar-refractivity contribution in [2.45, 2.75) is 50.4 Å². The molecule has 1 amide bonds. The van der Waals surface area contributed by atoms with Gasteiger partial charge in [0.05, 0.1) is 25.0 Å². The molecule has 2 aromatic rings. The van der Waals surface area contributed by atoms with Gasteiger partial charge in [-0.3, -0.25) is 4.79 Å². The van der Waals surface area contributed by atoms with Crippen molar-refractivity contribution in [3.05, 3.63) is 36.0 Å². The number of ether oxygens (including phenoxy) is 2. The van der Waals surface area contributed by atoms with Crippen molar-refractivity contribution in [3.8, 4) is 17.1 Å². The molecule has 1 saturated carbocycles. The van der Waals surface area contributed by atoms with E-state index in [0.717, 1.165) is 36.3 Å². The molecule has 7 heteroatoms. The lowest BCUT2D eigenvalue weighted by Crippen LogP contribution is -2.46. The minimum Gasteiger partial charge on any atom is -0.497 e. The number of methoxy groups -OCH3 is 1. The number of aliphatic hydroxyl groups excluding tert-OH is 1. The van der Waals surface area contributed by atoms with Gasteiger partial charge in [-0.15, -0.1) is 0 Å².